The van der Waals surface area contributed by atoms with Crippen LogP contribution in [0.2, 0.25) is 0 Å². The van der Waals surface area contributed by atoms with E-state index in [1.54, 1.807) is 6.92 Å². The van der Waals surface area contributed by atoms with Crippen LogP contribution in [0.15, 0.2) is 0 Å². The maximum atomic E-state index is 9.60. The van der Waals surface area contributed by atoms with E-state index in [-0.39, 0.29) is 0 Å². The third-order valence-corrected chi connectivity index (χ3v) is 0.287. The Hall–Kier alpha value is -0.810. The monoisotopic (exact) mass is 137 g/mol. The van der Waals surface area contributed by atoms with Gasteiger partial charge in [0.1, 0.15) is 0 Å². The van der Waals surface area contributed by atoms with Gasteiger partial charge in [-0.1, -0.05) is 0 Å². The highest BCUT2D eigenvalue weighted by atomic mass is 17.1. The molecule has 0 spiro atoms. The van der Waals surface area contributed by atoms with E-state index in [0.717, 1.165) is 0 Å². The average Bonchev–Trinajstić information content (AvgIpc) is 1.67. The molecule has 0 aromatic rings. The maximum Gasteiger partial charge on any atom is 0.404 e. The predicted molar refractivity (Wildman–Crippen MR) is 30.8 cm³/mol. The van der Waals surface area contributed by atoms with Gasteiger partial charge in [0.15, 0.2) is 0 Å². The van der Waals surface area contributed by atoms with Crippen LogP contribution in [0.3, 0.4) is 0 Å². The second-order valence-corrected chi connectivity index (χ2v) is 0.935. The van der Waals surface area contributed by atoms with Crippen molar-refractivity contribution in [3.63, 3.8) is 0 Å². The van der Waals surface area contributed by atoms with E-state index < -0.39 is 6.09 Å². The summed E-state index contributed by atoms with van der Waals surface area (Å²) in [5, 5.41) is 7.07. The molecule has 1 amide bonds. The van der Waals surface area contributed by atoms with Gasteiger partial charge in [-0.15, -0.1) is 0 Å². The lowest BCUT2D eigenvalue weighted by molar-refractivity contribution is -0.214. The molecule has 0 fully saturated rings. The molecule has 56 valence electrons. The zero-order valence-corrected chi connectivity index (χ0v) is 5.46. The highest BCUT2D eigenvalue weighted by molar-refractivity contribution is 5.64. The van der Waals surface area contributed by atoms with Crippen molar-refractivity contribution in [3.8, 4) is 0 Å². The van der Waals surface area contributed by atoms with Gasteiger partial charge in [-0.2, -0.15) is 0 Å². The van der Waals surface area contributed by atoms with Gasteiger partial charge >= 0.3 is 6.09 Å². The Balaban J connectivity index is 0. The number of nitrogens with two attached hydrogens (primary N) is 1. The molecular formula is C4H11NO4. The normalized spacial score (nSPS) is 7.00. The number of ether oxygens (including phenoxy) is 1. The fourth-order valence-corrected chi connectivity index (χ4v) is 0.142. The van der Waals surface area contributed by atoms with Crippen LogP contribution in [0.4, 0.5) is 4.79 Å². The van der Waals surface area contributed by atoms with Crippen molar-refractivity contribution in [2.45, 2.75) is 6.92 Å². The molecule has 3 N–H and O–H groups in total. The van der Waals surface area contributed by atoms with Crippen LogP contribution in [-0.2, 0) is 9.62 Å². The first-order valence-electron chi connectivity index (χ1n) is 2.28. The third kappa shape index (κ3) is 40.4. The van der Waals surface area contributed by atoms with Gasteiger partial charge < -0.3 is 10.5 Å². The van der Waals surface area contributed by atoms with E-state index in [1.807, 2.05) is 0 Å². The Kier molecular flexibility index (Phi) is 12.6. The van der Waals surface area contributed by atoms with Crippen molar-refractivity contribution in [2.75, 3.05) is 13.7 Å². The molecule has 0 unspecified atom stereocenters. The average molecular weight is 137 g/mol. The predicted octanol–water partition coefficient (Wildman–Crippen LogP) is 0.207. The zero-order chi connectivity index (χ0) is 7.70. The number of carbonyl (C=O) groups excluding carboxylic acids is 1. The van der Waals surface area contributed by atoms with E-state index in [2.05, 4.69) is 15.4 Å². The molecule has 0 saturated heterocycles. The lowest BCUT2D eigenvalue weighted by Gasteiger charge is -1.89. The van der Waals surface area contributed by atoms with E-state index >= 15 is 0 Å². The SMILES string of the molecule is CCOC(N)=O.COO. The fraction of sp³-hybridized carbons (Fsp3) is 0.750. The highest BCUT2D eigenvalue weighted by Crippen LogP contribution is 1.66. The minimum atomic E-state index is -0.711. The summed E-state index contributed by atoms with van der Waals surface area (Å²) in [5.74, 6) is 0. The van der Waals surface area contributed by atoms with E-state index in [4.69, 9.17) is 5.26 Å². The molecule has 9 heavy (non-hydrogen) atoms. The van der Waals surface area contributed by atoms with Crippen molar-refractivity contribution in [3.05, 3.63) is 0 Å². The van der Waals surface area contributed by atoms with E-state index in [9.17, 15) is 4.79 Å². The van der Waals surface area contributed by atoms with Crippen LogP contribution in [0.5, 0.6) is 0 Å². The Bertz CT molecular complexity index is 65.6. The van der Waals surface area contributed by atoms with Crippen molar-refractivity contribution in [1.29, 1.82) is 0 Å². The number of primary amides is 1. The minimum absolute atomic E-state index is 0.356. The second-order valence-electron chi connectivity index (χ2n) is 0.935. The quantitative estimate of drug-likeness (QED) is 0.399. The van der Waals surface area contributed by atoms with Gasteiger partial charge in [-0.25, -0.2) is 9.68 Å². The Labute approximate surface area is 53.3 Å². The molecule has 5 heteroatoms. The number of hydrogen-bond donors (Lipinski definition) is 2. The topological polar surface area (TPSA) is 81.8 Å². The van der Waals surface area contributed by atoms with Crippen molar-refractivity contribution < 1.29 is 19.7 Å². The Morgan fingerprint density at radius 1 is 1.78 bits per heavy atom. The Morgan fingerprint density at radius 2 is 2.11 bits per heavy atom. The maximum absolute atomic E-state index is 9.60. The summed E-state index contributed by atoms with van der Waals surface area (Å²) in [6.45, 7) is 2.06. The summed E-state index contributed by atoms with van der Waals surface area (Å²) in [6.07, 6.45) is -0.711. The summed E-state index contributed by atoms with van der Waals surface area (Å²) in [7, 11) is 1.18. The fourth-order valence-electron chi connectivity index (χ4n) is 0.142. The summed E-state index contributed by atoms with van der Waals surface area (Å²) in [4.78, 5) is 12.8. The number of carbonyl (C=O) groups is 1. The molecule has 0 aromatic heterocycles. The highest BCUT2D eigenvalue weighted by Gasteiger charge is 1.82. The number of hydrogen-bond acceptors (Lipinski definition) is 4. The van der Waals surface area contributed by atoms with Crippen molar-refractivity contribution >= 4 is 6.09 Å². The first-order chi connectivity index (χ1) is 4.18. The van der Waals surface area contributed by atoms with Gasteiger partial charge in [-0.3, -0.25) is 5.26 Å². The molecule has 0 aromatic carbocycles. The molecule has 0 heterocycles. The first-order valence-corrected chi connectivity index (χ1v) is 2.28. The minimum Gasteiger partial charge on any atom is -0.450 e. The standard InChI is InChI=1S/C3H7NO2.CH4O2/c1-2-6-3(4)5;1-3-2/h2H2,1H3,(H2,4,5);2H,1H3. The molecule has 0 saturated carbocycles. The largest absolute Gasteiger partial charge is 0.450 e. The van der Waals surface area contributed by atoms with Crippen LogP contribution in [-0.4, -0.2) is 25.1 Å². The van der Waals surface area contributed by atoms with Gasteiger partial charge in [0.05, 0.1) is 13.7 Å². The smallest absolute Gasteiger partial charge is 0.404 e. The van der Waals surface area contributed by atoms with E-state index in [0.29, 0.717) is 6.61 Å². The lowest BCUT2D eigenvalue weighted by Crippen LogP contribution is -2.11. The molecule has 0 radical (unpaired) electrons. The molecule has 0 aliphatic rings. The summed E-state index contributed by atoms with van der Waals surface area (Å²) in [6, 6.07) is 0. The molecule has 0 rings (SSSR count). The molecule has 0 aliphatic heterocycles. The molecule has 0 bridgehead atoms. The second kappa shape index (κ2) is 10.2. The Morgan fingerprint density at radius 3 is 2.11 bits per heavy atom. The lowest BCUT2D eigenvalue weighted by atomic mass is 10.9. The van der Waals surface area contributed by atoms with Gasteiger partial charge in [-0.05, 0) is 6.92 Å². The van der Waals surface area contributed by atoms with E-state index in [1.165, 1.54) is 7.11 Å². The van der Waals surface area contributed by atoms with Crippen LogP contribution in [0.1, 0.15) is 6.92 Å². The molecule has 5 nitrogen and oxygen atoms in total. The molecule has 0 atom stereocenters. The zero-order valence-electron chi connectivity index (χ0n) is 5.46. The van der Waals surface area contributed by atoms with Gasteiger partial charge in [0.25, 0.3) is 0 Å². The van der Waals surface area contributed by atoms with Crippen molar-refractivity contribution in [1.82, 2.24) is 0 Å². The van der Waals surface area contributed by atoms with Gasteiger partial charge in [0, 0.05) is 0 Å². The van der Waals surface area contributed by atoms with Crippen LogP contribution < -0.4 is 5.73 Å². The first kappa shape index (κ1) is 11.0. The third-order valence-electron chi connectivity index (χ3n) is 0.287. The number of amides is 1. The van der Waals surface area contributed by atoms with Crippen LogP contribution in [0.25, 0.3) is 0 Å². The molecule has 0 aliphatic carbocycles. The van der Waals surface area contributed by atoms with Crippen LogP contribution in [0, 0.1) is 0 Å². The summed E-state index contributed by atoms with van der Waals surface area (Å²) < 4.78 is 4.18. The number of rotatable bonds is 1. The summed E-state index contributed by atoms with van der Waals surface area (Å²) >= 11 is 0. The summed E-state index contributed by atoms with van der Waals surface area (Å²) in [5.41, 5.74) is 4.54. The van der Waals surface area contributed by atoms with Gasteiger partial charge in [0.2, 0.25) is 0 Å². The van der Waals surface area contributed by atoms with Crippen LogP contribution >= 0.6 is 0 Å². The van der Waals surface area contributed by atoms with Crippen molar-refractivity contribution in [2.24, 2.45) is 5.73 Å². The molecular weight excluding hydrogens is 126 g/mol.